The monoisotopic (exact) mass is 336 g/mol. The van der Waals surface area contributed by atoms with Gasteiger partial charge < -0.3 is 15.4 Å². The van der Waals surface area contributed by atoms with Gasteiger partial charge in [0.2, 0.25) is 0 Å². The van der Waals surface area contributed by atoms with Gasteiger partial charge in [-0.1, -0.05) is 23.8 Å². The van der Waals surface area contributed by atoms with Crippen LogP contribution in [0.2, 0.25) is 0 Å². The maximum atomic E-state index is 12.2. The third-order valence-electron chi connectivity index (χ3n) is 4.09. The number of nitrogens with zero attached hydrogens (tertiary/aromatic N) is 2. The van der Waals surface area contributed by atoms with E-state index >= 15 is 0 Å². The van der Waals surface area contributed by atoms with Crippen molar-refractivity contribution in [1.29, 1.82) is 0 Å². The number of carbonyl (C=O) groups is 2. The molecule has 1 aliphatic heterocycles. The number of hydrogen-bond donors (Lipinski definition) is 2. The average Bonchev–Trinajstić information content (AvgIpc) is 2.62. The maximum Gasteiger partial charge on any atom is 0.323 e. The Labute approximate surface area is 146 Å². The fourth-order valence-corrected chi connectivity index (χ4v) is 2.77. The molecule has 0 fully saturated rings. The number of urea groups is 1. The van der Waals surface area contributed by atoms with Gasteiger partial charge in [0.1, 0.15) is 6.29 Å². The summed E-state index contributed by atoms with van der Waals surface area (Å²) in [4.78, 5) is 22.8. The summed E-state index contributed by atoms with van der Waals surface area (Å²) in [5.74, 6) is 0. The molecule has 0 radical (unpaired) electrons. The molecule has 0 bridgehead atoms. The molecule has 3 rings (SSSR count). The molecule has 1 unspecified atom stereocenters. The highest BCUT2D eigenvalue weighted by atomic mass is 16.2. The highest BCUT2D eigenvalue weighted by molar-refractivity contribution is 5.99. The van der Waals surface area contributed by atoms with Crippen LogP contribution in [0.15, 0.2) is 52.7 Å². The van der Waals surface area contributed by atoms with Crippen LogP contribution in [0.4, 0.5) is 16.2 Å². The van der Waals surface area contributed by atoms with Gasteiger partial charge in [-0.3, -0.25) is 0 Å². The van der Waals surface area contributed by atoms with E-state index in [1.807, 2.05) is 49.4 Å². The van der Waals surface area contributed by atoms with Crippen LogP contribution in [0.3, 0.4) is 0 Å². The number of azo groups is 1. The minimum absolute atomic E-state index is 0.129. The van der Waals surface area contributed by atoms with Crippen molar-refractivity contribution in [2.75, 3.05) is 10.6 Å². The van der Waals surface area contributed by atoms with E-state index in [1.54, 1.807) is 0 Å². The van der Waals surface area contributed by atoms with Crippen molar-refractivity contribution in [3.05, 3.63) is 59.2 Å². The summed E-state index contributed by atoms with van der Waals surface area (Å²) in [7, 11) is 0. The topological polar surface area (TPSA) is 82.9 Å². The van der Waals surface area contributed by atoms with E-state index < -0.39 is 0 Å². The van der Waals surface area contributed by atoms with Gasteiger partial charge >= 0.3 is 6.03 Å². The number of rotatable bonds is 5. The molecule has 2 amide bonds. The van der Waals surface area contributed by atoms with Crippen LogP contribution in [0, 0.1) is 6.92 Å². The molecule has 0 saturated carbocycles. The fourth-order valence-electron chi connectivity index (χ4n) is 2.77. The molecule has 1 atom stereocenters. The summed E-state index contributed by atoms with van der Waals surface area (Å²) in [6.07, 6.45) is 1.95. The molecular weight excluding hydrogens is 316 g/mol. The van der Waals surface area contributed by atoms with E-state index in [2.05, 4.69) is 20.9 Å². The summed E-state index contributed by atoms with van der Waals surface area (Å²) >= 11 is 0. The molecule has 128 valence electrons. The quantitative estimate of drug-likeness (QED) is 0.781. The van der Waals surface area contributed by atoms with E-state index in [9.17, 15) is 9.59 Å². The Balaban J connectivity index is 1.70. The van der Waals surface area contributed by atoms with E-state index in [4.69, 9.17) is 0 Å². The molecule has 0 spiro atoms. The van der Waals surface area contributed by atoms with Crippen molar-refractivity contribution >= 4 is 23.7 Å². The summed E-state index contributed by atoms with van der Waals surface area (Å²) < 4.78 is 0. The number of carbonyl (C=O) groups excluding carboxylic acids is 2. The van der Waals surface area contributed by atoms with Gasteiger partial charge in [-0.05, 0) is 48.7 Å². The number of aryl methyl sites for hydroxylation is 1. The second-order valence-corrected chi connectivity index (χ2v) is 6.03. The van der Waals surface area contributed by atoms with Crippen LogP contribution < -0.4 is 10.6 Å². The molecule has 6 heteroatoms. The largest absolute Gasteiger partial charge is 0.323 e. The summed E-state index contributed by atoms with van der Waals surface area (Å²) in [5.41, 5.74) is 4.66. The number of benzene rings is 2. The molecule has 6 nitrogen and oxygen atoms in total. The van der Waals surface area contributed by atoms with Gasteiger partial charge in [-0.2, -0.15) is 10.2 Å². The van der Waals surface area contributed by atoms with E-state index in [-0.39, 0.29) is 12.1 Å². The molecule has 25 heavy (non-hydrogen) atoms. The summed E-state index contributed by atoms with van der Waals surface area (Å²) in [6.45, 7) is 2.53. The van der Waals surface area contributed by atoms with Gasteiger partial charge in [-0.25, -0.2) is 4.79 Å². The van der Waals surface area contributed by atoms with Gasteiger partial charge in [0, 0.05) is 17.8 Å². The molecule has 1 aliphatic rings. The second kappa shape index (κ2) is 7.70. The zero-order valence-electron chi connectivity index (χ0n) is 14.0. The van der Waals surface area contributed by atoms with Gasteiger partial charge in [-0.15, -0.1) is 0 Å². The first-order valence-corrected chi connectivity index (χ1v) is 8.23. The minimum atomic E-state index is -0.300. The first-order valence-electron chi connectivity index (χ1n) is 8.23. The van der Waals surface area contributed by atoms with Crippen molar-refractivity contribution < 1.29 is 9.59 Å². The molecular formula is C19H20N4O2. The molecule has 2 aromatic carbocycles. The fraction of sp³-hybridized carbons (Fsp3) is 0.263. The predicted molar refractivity (Wildman–Crippen MR) is 96.9 cm³/mol. The molecule has 2 N–H and O–H groups in total. The van der Waals surface area contributed by atoms with E-state index in [0.29, 0.717) is 25.1 Å². The lowest BCUT2D eigenvalue weighted by atomic mass is 9.96. The standard InChI is InChI=1S/C19H20N4O2/c1-13-4-7-15(8-5-13)21-19(25)22-16-9-6-14-12-20-23-18(3-2-10-24)17(14)11-16/h4-11,18H,2-3,12H2,1H3,(H2,21,22,25). The van der Waals surface area contributed by atoms with Crippen LogP contribution in [0.25, 0.3) is 0 Å². The van der Waals surface area contributed by atoms with Crippen molar-refractivity contribution in [3.63, 3.8) is 0 Å². The number of fused-ring (bicyclic) bond motifs is 1. The highest BCUT2D eigenvalue weighted by Crippen LogP contribution is 2.32. The Kier molecular flexibility index (Phi) is 5.18. The van der Waals surface area contributed by atoms with Crippen LogP contribution >= 0.6 is 0 Å². The number of aldehydes is 1. The van der Waals surface area contributed by atoms with E-state index in [1.165, 1.54) is 0 Å². The Morgan fingerprint density at radius 1 is 1.16 bits per heavy atom. The lowest BCUT2D eigenvalue weighted by Crippen LogP contribution is -2.19. The zero-order valence-corrected chi connectivity index (χ0v) is 14.0. The number of amides is 2. The molecule has 2 aromatic rings. The smallest absolute Gasteiger partial charge is 0.308 e. The molecule has 0 aliphatic carbocycles. The van der Waals surface area contributed by atoms with Gasteiger partial charge in [0.05, 0.1) is 12.6 Å². The Hall–Kier alpha value is -3.02. The summed E-state index contributed by atoms with van der Waals surface area (Å²) in [6, 6.07) is 12.9. The number of hydrogen-bond acceptors (Lipinski definition) is 4. The lowest BCUT2D eigenvalue weighted by Gasteiger charge is -2.19. The first-order chi connectivity index (χ1) is 12.2. The van der Waals surface area contributed by atoms with Crippen LogP contribution in [0.1, 0.15) is 35.6 Å². The van der Waals surface area contributed by atoms with Crippen LogP contribution in [-0.4, -0.2) is 12.3 Å². The number of anilines is 2. The average molecular weight is 336 g/mol. The number of nitrogens with one attached hydrogen (secondary N) is 2. The first kappa shape index (κ1) is 16.8. The molecule has 0 aromatic heterocycles. The van der Waals surface area contributed by atoms with Crippen molar-refractivity contribution in [2.24, 2.45) is 10.2 Å². The Morgan fingerprint density at radius 3 is 2.64 bits per heavy atom. The second-order valence-electron chi connectivity index (χ2n) is 6.03. The molecule has 0 saturated heterocycles. The summed E-state index contributed by atoms with van der Waals surface area (Å²) in [5, 5.41) is 14.0. The maximum absolute atomic E-state index is 12.2. The van der Waals surface area contributed by atoms with Crippen molar-refractivity contribution in [1.82, 2.24) is 0 Å². The minimum Gasteiger partial charge on any atom is -0.308 e. The third-order valence-corrected chi connectivity index (χ3v) is 4.09. The zero-order chi connectivity index (χ0) is 17.6. The van der Waals surface area contributed by atoms with Gasteiger partial charge in [0.25, 0.3) is 0 Å². The lowest BCUT2D eigenvalue weighted by molar-refractivity contribution is -0.108. The molecule has 1 heterocycles. The van der Waals surface area contributed by atoms with Crippen molar-refractivity contribution in [2.45, 2.75) is 32.4 Å². The van der Waals surface area contributed by atoms with Gasteiger partial charge in [0.15, 0.2) is 0 Å². The Morgan fingerprint density at radius 2 is 1.88 bits per heavy atom. The third kappa shape index (κ3) is 4.29. The van der Waals surface area contributed by atoms with E-state index in [0.717, 1.165) is 28.7 Å². The van der Waals surface area contributed by atoms with Crippen molar-refractivity contribution in [3.8, 4) is 0 Å². The predicted octanol–water partition coefficient (Wildman–Crippen LogP) is 4.63. The normalized spacial score (nSPS) is 15.3. The SMILES string of the molecule is Cc1ccc(NC(=O)Nc2ccc3c(c2)C(CCC=O)N=NC3)cc1. The highest BCUT2D eigenvalue weighted by Gasteiger charge is 2.19. The Bertz CT molecular complexity index is 800. The van der Waals surface area contributed by atoms with Crippen LogP contribution in [0.5, 0.6) is 0 Å². The van der Waals surface area contributed by atoms with Crippen LogP contribution in [-0.2, 0) is 11.3 Å².